The number of methoxy groups -OCH3 is 1. The first-order chi connectivity index (χ1) is 11.0. The van der Waals surface area contributed by atoms with Crippen LogP contribution in [-0.4, -0.2) is 22.8 Å². The maximum Gasteiger partial charge on any atom is 0.311 e. The van der Waals surface area contributed by atoms with E-state index in [0.29, 0.717) is 18.4 Å². The molecule has 0 aliphatic heterocycles. The highest BCUT2D eigenvalue weighted by Gasteiger charge is 2.37. The Morgan fingerprint density at radius 2 is 2.00 bits per heavy atom. The number of aromatic nitrogens is 1. The summed E-state index contributed by atoms with van der Waals surface area (Å²) in [5.74, 6) is -1.17. The lowest BCUT2D eigenvalue weighted by Crippen LogP contribution is -2.35. The van der Waals surface area contributed by atoms with Crippen molar-refractivity contribution in [3.63, 3.8) is 0 Å². The third-order valence-electron chi connectivity index (χ3n) is 4.43. The molecule has 0 unspecified atom stereocenters. The van der Waals surface area contributed by atoms with Gasteiger partial charge in [0.2, 0.25) is 0 Å². The van der Waals surface area contributed by atoms with Gasteiger partial charge < -0.3 is 14.4 Å². The van der Waals surface area contributed by atoms with Crippen molar-refractivity contribution in [2.75, 3.05) is 7.11 Å². The number of esters is 1. The summed E-state index contributed by atoms with van der Waals surface area (Å²) in [4.78, 5) is 24.2. The summed E-state index contributed by atoms with van der Waals surface area (Å²) in [6, 6.07) is 11.2. The van der Waals surface area contributed by atoms with Crippen LogP contribution in [0.25, 0.3) is 5.69 Å². The number of aryl methyl sites for hydroxylation is 1. The van der Waals surface area contributed by atoms with Gasteiger partial charge in [-0.2, -0.15) is 0 Å². The van der Waals surface area contributed by atoms with Crippen molar-refractivity contribution < 1.29 is 14.6 Å². The van der Waals surface area contributed by atoms with Crippen molar-refractivity contribution >= 4 is 5.97 Å². The molecule has 1 N–H and O–H groups in total. The molecule has 0 amide bonds. The predicted octanol–water partition coefficient (Wildman–Crippen LogP) is 1.91. The van der Waals surface area contributed by atoms with Gasteiger partial charge in [0.25, 0.3) is 0 Å². The molecule has 0 bridgehead atoms. The molecule has 2 atom stereocenters. The predicted molar refractivity (Wildman–Crippen MR) is 85.6 cm³/mol. The molecule has 1 aromatic carbocycles. The van der Waals surface area contributed by atoms with Crippen LogP contribution in [0.15, 0.2) is 41.2 Å². The first-order valence-electron chi connectivity index (χ1n) is 7.61. The van der Waals surface area contributed by atoms with Gasteiger partial charge in [-0.3, -0.25) is 9.59 Å². The van der Waals surface area contributed by atoms with Crippen molar-refractivity contribution in [2.24, 2.45) is 5.92 Å². The van der Waals surface area contributed by atoms with Gasteiger partial charge in [-0.1, -0.05) is 18.2 Å². The molecule has 0 radical (unpaired) electrons. The van der Waals surface area contributed by atoms with Crippen LogP contribution in [0.5, 0.6) is 0 Å². The molecule has 1 aliphatic carbocycles. The highest BCUT2D eigenvalue weighted by molar-refractivity contribution is 5.73. The highest BCUT2D eigenvalue weighted by atomic mass is 16.5. The first kappa shape index (κ1) is 15.5. The zero-order valence-corrected chi connectivity index (χ0v) is 13.2. The van der Waals surface area contributed by atoms with Gasteiger partial charge in [-0.15, -0.1) is 0 Å². The van der Waals surface area contributed by atoms with E-state index in [1.165, 1.54) is 13.2 Å². The molecule has 0 saturated carbocycles. The van der Waals surface area contributed by atoms with Crippen LogP contribution in [0.1, 0.15) is 29.5 Å². The molecule has 23 heavy (non-hydrogen) atoms. The Kier molecular flexibility index (Phi) is 4.05. The number of aliphatic hydroxyl groups is 1. The fourth-order valence-electron chi connectivity index (χ4n) is 3.36. The average Bonchev–Trinajstić information content (AvgIpc) is 2.55. The van der Waals surface area contributed by atoms with Gasteiger partial charge in [0.1, 0.15) is 0 Å². The Balaban J connectivity index is 2.19. The van der Waals surface area contributed by atoms with E-state index in [4.69, 9.17) is 4.74 Å². The smallest absolute Gasteiger partial charge is 0.311 e. The molecule has 3 rings (SSSR count). The number of carbonyl (C=O) groups is 1. The summed E-state index contributed by atoms with van der Waals surface area (Å²) in [6.45, 7) is 1.87. The molecule has 5 heteroatoms. The average molecular weight is 313 g/mol. The fraction of sp³-hybridized carbons (Fsp3) is 0.333. The SMILES string of the molecule is COC(=O)[C@H]1CCc2c(c(=O)cc(C)n2-c2ccccc2)[C@H]1O. The number of para-hydroxylation sites is 1. The van der Waals surface area contributed by atoms with E-state index in [9.17, 15) is 14.7 Å². The van der Waals surface area contributed by atoms with E-state index in [0.717, 1.165) is 17.1 Å². The molecular weight excluding hydrogens is 294 g/mol. The number of hydrogen-bond donors (Lipinski definition) is 1. The second-order valence-corrected chi connectivity index (χ2v) is 5.79. The van der Waals surface area contributed by atoms with Crippen molar-refractivity contribution in [2.45, 2.75) is 25.9 Å². The lowest BCUT2D eigenvalue weighted by atomic mass is 9.83. The minimum atomic E-state index is -1.13. The van der Waals surface area contributed by atoms with Crippen molar-refractivity contribution in [1.82, 2.24) is 4.57 Å². The van der Waals surface area contributed by atoms with Crippen LogP contribution in [0, 0.1) is 12.8 Å². The lowest BCUT2D eigenvalue weighted by Gasteiger charge is -2.30. The Morgan fingerprint density at radius 1 is 1.30 bits per heavy atom. The van der Waals surface area contributed by atoms with Crippen LogP contribution in [0.3, 0.4) is 0 Å². The maximum atomic E-state index is 12.4. The maximum absolute atomic E-state index is 12.4. The van der Waals surface area contributed by atoms with Gasteiger partial charge in [-0.05, 0) is 31.9 Å². The van der Waals surface area contributed by atoms with Gasteiger partial charge in [-0.25, -0.2) is 0 Å². The summed E-state index contributed by atoms with van der Waals surface area (Å²) >= 11 is 0. The normalized spacial score (nSPS) is 20.0. The molecule has 0 spiro atoms. The van der Waals surface area contributed by atoms with Gasteiger partial charge >= 0.3 is 5.97 Å². The second-order valence-electron chi connectivity index (χ2n) is 5.79. The quantitative estimate of drug-likeness (QED) is 0.860. The number of pyridine rings is 1. The number of hydrogen-bond acceptors (Lipinski definition) is 4. The summed E-state index contributed by atoms with van der Waals surface area (Å²) < 4.78 is 6.73. The van der Waals surface area contributed by atoms with E-state index >= 15 is 0 Å². The fourth-order valence-corrected chi connectivity index (χ4v) is 3.36. The van der Waals surface area contributed by atoms with Crippen LogP contribution >= 0.6 is 0 Å². The molecule has 1 aliphatic rings. The molecule has 5 nitrogen and oxygen atoms in total. The minimum absolute atomic E-state index is 0.231. The number of carbonyl (C=O) groups excluding carboxylic acids is 1. The lowest BCUT2D eigenvalue weighted by molar-refractivity contribution is -0.150. The topological polar surface area (TPSA) is 68.5 Å². The van der Waals surface area contributed by atoms with Gasteiger partial charge in [0.05, 0.1) is 19.1 Å². The molecule has 2 aromatic rings. The van der Waals surface area contributed by atoms with Crippen LogP contribution < -0.4 is 5.43 Å². The molecular formula is C18H19NO4. The zero-order valence-electron chi connectivity index (χ0n) is 13.2. The van der Waals surface area contributed by atoms with E-state index in [1.807, 2.05) is 41.8 Å². The molecule has 0 fully saturated rings. The number of rotatable bonds is 2. The molecule has 120 valence electrons. The summed E-state index contributed by atoms with van der Waals surface area (Å²) in [5, 5.41) is 10.6. The number of ether oxygens (including phenoxy) is 1. The third-order valence-corrected chi connectivity index (χ3v) is 4.43. The largest absolute Gasteiger partial charge is 0.469 e. The van der Waals surface area contributed by atoms with Gasteiger partial charge in [0, 0.05) is 28.7 Å². The van der Waals surface area contributed by atoms with Crippen LogP contribution in [-0.2, 0) is 16.0 Å². The van der Waals surface area contributed by atoms with Crippen LogP contribution in [0.4, 0.5) is 0 Å². The summed E-state index contributed by atoms with van der Waals surface area (Å²) in [6.07, 6.45) is -0.136. The zero-order chi connectivity index (χ0) is 16.6. The molecule has 1 aromatic heterocycles. The van der Waals surface area contributed by atoms with Crippen molar-refractivity contribution in [3.8, 4) is 5.69 Å². The van der Waals surface area contributed by atoms with Crippen molar-refractivity contribution in [3.05, 3.63) is 63.6 Å². The van der Waals surface area contributed by atoms with E-state index in [1.54, 1.807) is 0 Å². The molecule has 0 saturated heterocycles. The number of benzene rings is 1. The first-order valence-corrected chi connectivity index (χ1v) is 7.61. The number of fused-ring (bicyclic) bond motifs is 1. The van der Waals surface area contributed by atoms with Crippen LogP contribution in [0.2, 0.25) is 0 Å². The van der Waals surface area contributed by atoms with Crippen molar-refractivity contribution in [1.29, 1.82) is 0 Å². The Hall–Kier alpha value is -2.40. The number of aliphatic hydroxyl groups excluding tert-OH is 1. The number of nitrogens with zero attached hydrogens (tertiary/aromatic N) is 1. The van der Waals surface area contributed by atoms with E-state index in [-0.39, 0.29) is 5.43 Å². The van der Waals surface area contributed by atoms with E-state index in [2.05, 4.69) is 0 Å². The second kappa shape index (κ2) is 6.01. The Bertz CT molecular complexity index is 795. The Labute approximate surface area is 134 Å². The Morgan fingerprint density at radius 3 is 2.65 bits per heavy atom. The monoisotopic (exact) mass is 313 g/mol. The standard InChI is InChI=1S/C18H19NO4/c1-11-10-15(20)16-14(19(11)12-6-4-3-5-7-12)9-8-13(17(16)21)18(22)23-2/h3-7,10,13,17,21H,8-9H2,1-2H3/t13-,17-/m0/s1. The van der Waals surface area contributed by atoms with Gasteiger partial charge in [0.15, 0.2) is 5.43 Å². The highest BCUT2D eigenvalue weighted by Crippen LogP contribution is 2.34. The third kappa shape index (κ3) is 2.57. The summed E-state index contributed by atoms with van der Waals surface area (Å²) in [7, 11) is 1.29. The minimum Gasteiger partial charge on any atom is -0.469 e. The molecule has 1 heterocycles. The van der Waals surface area contributed by atoms with E-state index < -0.39 is 18.0 Å². The summed E-state index contributed by atoms with van der Waals surface area (Å²) in [5.41, 5.74) is 2.59.